The molecular formula is C36H54N12O3. The Morgan fingerprint density at radius 2 is 1.22 bits per heavy atom. The molecule has 0 bridgehead atoms. The van der Waals surface area contributed by atoms with Crippen molar-refractivity contribution in [3.63, 3.8) is 0 Å². The number of carbonyl (C=O) groups is 2. The van der Waals surface area contributed by atoms with E-state index in [1.54, 1.807) is 48.5 Å². The van der Waals surface area contributed by atoms with Crippen molar-refractivity contribution >= 4 is 46.7 Å². The first kappa shape index (κ1) is 37.8. The number of nitrogens with zero attached hydrogens (tertiary/aromatic N) is 6. The van der Waals surface area contributed by atoms with Crippen LogP contribution >= 0.6 is 0 Å². The van der Waals surface area contributed by atoms with Crippen molar-refractivity contribution in [2.75, 3.05) is 51.7 Å². The third-order valence-electron chi connectivity index (χ3n) is 9.19. The van der Waals surface area contributed by atoms with Crippen LogP contribution in [0.5, 0.6) is 0 Å². The molecule has 276 valence electrons. The molecule has 2 amide bonds. The zero-order valence-corrected chi connectivity index (χ0v) is 29.6. The van der Waals surface area contributed by atoms with E-state index >= 15 is 0 Å². The second-order valence-corrected chi connectivity index (χ2v) is 13.9. The predicted octanol–water partition coefficient (Wildman–Crippen LogP) is 3.46. The standard InChI is InChI=1S/C36H54N12O3/c1-2-3-4-5-6-7-8-9-32(49)41-29-14-16-31(17-15-29)48(51)33(50)24-10-12-30(13-11-24)42-34-43-35(46-20-25(37)18-26(38)21-46)45-36(44-34)47-22-27(39)19-28(40)23-47/h10-17,25-28,51H,2-9,18-23,37-40H2,1H3,(H,41,49)(H,42,43,44,45)/t25-,26+,27-,28+. The number of hydrogen-bond acceptors (Lipinski definition) is 13. The van der Waals surface area contributed by atoms with Gasteiger partial charge in [0.2, 0.25) is 23.8 Å². The van der Waals surface area contributed by atoms with Crippen molar-refractivity contribution in [3.05, 3.63) is 54.1 Å². The molecule has 0 radical (unpaired) electrons. The summed E-state index contributed by atoms with van der Waals surface area (Å²) in [6.45, 7) is 4.42. The molecule has 2 aromatic carbocycles. The van der Waals surface area contributed by atoms with Crippen LogP contribution < -0.4 is 48.4 Å². The Kier molecular flexibility index (Phi) is 13.5. The summed E-state index contributed by atoms with van der Waals surface area (Å²) in [5, 5.41) is 17.4. The number of carbonyl (C=O) groups excluding carboxylic acids is 2. The molecular weight excluding hydrogens is 648 g/mol. The van der Waals surface area contributed by atoms with Gasteiger partial charge in [-0.3, -0.25) is 14.8 Å². The molecule has 2 saturated heterocycles. The number of rotatable bonds is 15. The lowest BCUT2D eigenvalue weighted by atomic mass is 10.0. The van der Waals surface area contributed by atoms with Gasteiger partial charge in [0.05, 0.1) is 5.69 Å². The van der Waals surface area contributed by atoms with Crippen LogP contribution in [0.1, 0.15) is 81.5 Å². The smallest absolute Gasteiger partial charge is 0.281 e. The highest BCUT2D eigenvalue weighted by atomic mass is 16.5. The van der Waals surface area contributed by atoms with Gasteiger partial charge < -0.3 is 43.4 Å². The van der Waals surface area contributed by atoms with Crippen molar-refractivity contribution in [2.45, 2.75) is 95.3 Å². The molecule has 1 aromatic heterocycles. The first-order chi connectivity index (χ1) is 24.6. The number of hydroxylamine groups is 1. The minimum atomic E-state index is -0.613. The van der Waals surface area contributed by atoms with Gasteiger partial charge in [-0.05, 0) is 67.8 Å². The molecule has 0 unspecified atom stereocenters. The molecule has 3 heterocycles. The third kappa shape index (κ3) is 11.0. The van der Waals surface area contributed by atoms with Crippen LogP contribution in [-0.2, 0) is 4.79 Å². The topological polar surface area (TPSA) is 231 Å². The molecule has 5 rings (SSSR count). The molecule has 2 fully saturated rings. The van der Waals surface area contributed by atoms with Crippen LogP contribution in [0.2, 0.25) is 0 Å². The van der Waals surface area contributed by atoms with Gasteiger partial charge in [-0.15, -0.1) is 0 Å². The quantitative estimate of drug-likeness (QED) is 0.0684. The van der Waals surface area contributed by atoms with E-state index in [0.29, 0.717) is 79.7 Å². The van der Waals surface area contributed by atoms with Crippen LogP contribution in [0.15, 0.2) is 48.5 Å². The normalized spacial score (nSPS) is 20.6. The lowest BCUT2D eigenvalue weighted by molar-refractivity contribution is -0.116. The number of hydrogen-bond donors (Lipinski definition) is 7. The van der Waals surface area contributed by atoms with Gasteiger partial charge in [0.1, 0.15) is 0 Å². The van der Waals surface area contributed by atoms with Gasteiger partial charge >= 0.3 is 0 Å². The lowest BCUT2D eigenvalue weighted by Gasteiger charge is -2.37. The molecule has 0 spiro atoms. The van der Waals surface area contributed by atoms with E-state index in [1.807, 2.05) is 9.80 Å². The average molecular weight is 703 g/mol. The maximum Gasteiger partial charge on any atom is 0.281 e. The van der Waals surface area contributed by atoms with Crippen LogP contribution in [0.25, 0.3) is 0 Å². The first-order valence-electron chi connectivity index (χ1n) is 18.2. The summed E-state index contributed by atoms with van der Waals surface area (Å²) in [6, 6.07) is 12.6. The van der Waals surface area contributed by atoms with Gasteiger partial charge in [0, 0.05) is 73.7 Å². The second kappa shape index (κ2) is 18.2. The maximum absolute atomic E-state index is 13.2. The van der Waals surface area contributed by atoms with E-state index in [0.717, 1.165) is 19.3 Å². The molecule has 2 aliphatic rings. The number of piperidine rings is 2. The largest absolute Gasteiger partial charge is 0.338 e. The Hall–Kier alpha value is -4.41. The number of benzene rings is 2. The van der Waals surface area contributed by atoms with E-state index < -0.39 is 5.91 Å². The molecule has 3 aromatic rings. The highest BCUT2D eigenvalue weighted by molar-refractivity contribution is 6.04. The van der Waals surface area contributed by atoms with Gasteiger partial charge in [0.15, 0.2) is 0 Å². The van der Waals surface area contributed by atoms with Crippen molar-refractivity contribution in [3.8, 4) is 0 Å². The summed E-state index contributed by atoms with van der Waals surface area (Å²) in [4.78, 5) is 43.6. The van der Waals surface area contributed by atoms with Crippen molar-refractivity contribution in [1.82, 2.24) is 15.0 Å². The summed E-state index contributed by atoms with van der Waals surface area (Å²) < 4.78 is 0. The minimum Gasteiger partial charge on any atom is -0.338 e. The Balaban J connectivity index is 1.20. The molecule has 15 heteroatoms. The molecule has 15 nitrogen and oxygen atoms in total. The second-order valence-electron chi connectivity index (χ2n) is 13.9. The van der Waals surface area contributed by atoms with E-state index in [-0.39, 0.29) is 41.3 Å². The summed E-state index contributed by atoms with van der Waals surface area (Å²) in [5.41, 5.74) is 26.8. The summed E-state index contributed by atoms with van der Waals surface area (Å²) in [7, 11) is 0. The Labute approximate surface area is 300 Å². The number of aromatic nitrogens is 3. The molecule has 4 atom stereocenters. The molecule has 0 saturated carbocycles. The van der Waals surface area contributed by atoms with Crippen LogP contribution in [-0.4, -0.2) is 82.3 Å². The van der Waals surface area contributed by atoms with Crippen LogP contribution in [0.3, 0.4) is 0 Å². The number of nitrogens with one attached hydrogen (secondary N) is 2. The highest BCUT2D eigenvalue weighted by Crippen LogP contribution is 2.25. The van der Waals surface area contributed by atoms with Crippen LogP contribution in [0.4, 0.5) is 34.9 Å². The van der Waals surface area contributed by atoms with Gasteiger partial charge in [-0.1, -0.05) is 45.4 Å². The molecule has 0 aliphatic carbocycles. The van der Waals surface area contributed by atoms with E-state index in [1.165, 1.54) is 25.7 Å². The van der Waals surface area contributed by atoms with Gasteiger partial charge in [-0.2, -0.15) is 20.0 Å². The average Bonchev–Trinajstić information content (AvgIpc) is 3.10. The fraction of sp³-hybridized carbons (Fsp3) is 0.528. The van der Waals surface area contributed by atoms with E-state index in [9.17, 15) is 14.8 Å². The fourth-order valence-corrected chi connectivity index (χ4v) is 6.59. The minimum absolute atomic E-state index is 0.0497. The Morgan fingerprint density at radius 1 is 0.725 bits per heavy atom. The number of unbranched alkanes of at least 4 members (excludes halogenated alkanes) is 6. The summed E-state index contributed by atoms with van der Waals surface area (Å²) in [6.07, 6.45) is 9.90. The third-order valence-corrected chi connectivity index (χ3v) is 9.19. The highest BCUT2D eigenvalue weighted by Gasteiger charge is 2.29. The SMILES string of the molecule is CCCCCCCCCC(=O)Nc1ccc(N(O)C(=O)c2ccc(Nc3nc(N4C[C@H](N)C[C@H](N)C4)nc(N4C[C@H](N)C[C@H](N)C4)n3)cc2)cc1. The predicted molar refractivity (Wildman–Crippen MR) is 201 cm³/mol. The lowest BCUT2D eigenvalue weighted by Crippen LogP contribution is -2.54. The number of anilines is 6. The summed E-state index contributed by atoms with van der Waals surface area (Å²) >= 11 is 0. The van der Waals surface area contributed by atoms with Crippen molar-refractivity contribution in [1.29, 1.82) is 0 Å². The van der Waals surface area contributed by atoms with Crippen LogP contribution in [0, 0.1) is 0 Å². The molecule has 11 N–H and O–H groups in total. The maximum atomic E-state index is 13.2. The molecule has 51 heavy (non-hydrogen) atoms. The van der Waals surface area contributed by atoms with Gasteiger partial charge in [-0.25, -0.2) is 0 Å². The number of nitrogens with two attached hydrogens (primary N) is 4. The number of amides is 2. The molecule has 2 aliphatic heterocycles. The van der Waals surface area contributed by atoms with E-state index in [2.05, 4.69) is 27.5 Å². The zero-order valence-electron chi connectivity index (χ0n) is 29.6. The Morgan fingerprint density at radius 3 is 1.75 bits per heavy atom. The summed E-state index contributed by atoms with van der Waals surface area (Å²) in [5.74, 6) is 0.529. The first-order valence-corrected chi connectivity index (χ1v) is 18.2. The zero-order chi connectivity index (χ0) is 36.3. The van der Waals surface area contributed by atoms with Crippen molar-refractivity contribution < 1.29 is 14.8 Å². The Bertz CT molecular complexity index is 1510. The monoisotopic (exact) mass is 702 g/mol. The van der Waals surface area contributed by atoms with Gasteiger partial charge in [0.25, 0.3) is 5.91 Å². The van der Waals surface area contributed by atoms with E-state index in [4.69, 9.17) is 27.9 Å². The van der Waals surface area contributed by atoms with Crippen molar-refractivity contribution in [2.24, 2.45) is 22.9 Å². The fourth-order valence-electron chi connectivity index (χ4n) is 6.59.